The minimum absolute atomic E-state index is 0.140. The van der Waals surface area contributed by atoms with E-state index in [9.17, 15) is 4.79 Å². The van der Waals surface area contributed by atoms with Crippen LogP contribution in [0.2, 0.25) is 0 Å². The smallest absolute Gasteiger partial charge is 0.293 e. The van der Waals surface area contributed by atoms with Crippen molar-refractivity contribution < 1.29 is 9.21 Å². The SMILES string of the molecule is Cc1coc(C(=O)N(C)c2ccccc2)c1. The number of carbonyl (C=O) groups is 1. The highest BCUT2D eigenvalue weighted by Gasteiger charge is 2.16. The predicted octanol–water partition coefficient (Wildman–Crippen LogP) is 2.86. The minimum atomic E-state index is -0.140. The molecule has 0 unspecified atom stereocenters. The van der Waals surface area contributed by atoms with E-state index in [1.807, 2.05) is 37.3 Å². The maximum Gasteiger partial charge on any atom is 0.293 e. The molecule has 16 heavy (non-hydrogen) atoms. The van der Waals surface area contributed by atoms with Gasteiger partial charge in [0.05, 0.1) is 6.26 Å². The highest BCUT2D eigenvalue weighted by atomic mass is 16.3. The molecule has 0 fully saturated rings. The lowest BCUT2D eigenvalue weighted by molar-refractivity contribution is 0.0966. The summed E-state index contributed by atoms with van der Waals surface area (Å²) in [6.07, 6.45) is 1.58. The van der Waals surface area contributed by atoms with E-state index >= 15 is 0 Å². The van der Waals surface area contributed by atoms with Crippen molar-refractivity contribution in [1.29, 1.82) is 0 Å². The van der Waals surface area contributed by atoms with Crippen molar-refractivity contribution in [3.05, 3.63) is 54.0 Å². The fourth-order valence-electron chi connectivity index (χ4n) is 1.48. The average Bonchev–Trinajstić information content (AvgIpc) is 2.75. The van der Waals surface area contributed by atoms with Gasteiger partial charge in [-0.2, -0.15) is 0 Å². The first kappa shape index (κ1) is 10.5. The number of nitrogens with zero attached hydrogens (tertiary/aromatic N) is 1. The fraction of sp³-hybridized carbons (Fsp3) is 0.154. The van der Waals surface area contributed by atoms with Gasteiger partial charge in [0.25, 0.3) is 5.91 Å². The molecule has 1 amide bonds. The number of rotatable bonds is 2. The number of anilines is 1. The van der Waals surface area contributed by atoms with Crippen LogP contribution in [0.5, 0.6) is 0 Å². The van der Waals surface area contributed by atoms with Crippen molar-refractivity contribution in [2.45, 2.75) is 6.92 Å². The molecule has 0 N–H and O–H groups in total. The standard InChI is InChI=1S/C13H13NO2/c1-10-8-12(16-9-10)13(15)14(2)11-6-4-3-5-7-11/h3-9H,1-2H3. The first-order valence-corrected chi connectivity index (χ1v) is 5.07. The first-order chi connectivity index (χ1) is 7.68. The van der Waals surface area contributed by atoms with Gasteiger partial charge in [-0.25, -0.2) is 0 Å². The highest BCUT2D eigenvalue weighted by molar-refractivity contribution is 6.03. The van der Waals surface area contributed by atoms with Gasteiger partial charge >= 0.3 is 0 Å². The lowest BCUT2D eigenvalue weighted by Crippen LogP contribution is -2.25. The van der Waals surface area contributed by atoms with E-state index in [-0.39, 0.29) is 5.91 Å². The molecule has 2 aromatic rings. The number of para-hydroxylation sites is 1. The zero-order valence-electron chi connectivity index (χ0n) is 9.31. The van der Waals surface area contributed by atoms with E-state index in [4.69, 9.17) is 4.42 Å². The van der Waals surface area contributed by atoms with Crippen molar-refractivity contribution >= 4 is 11.6 Å². The summed E-state index contributed by atoms with van der Waals surface area (Å²) in [5.41, 5.74) is 1.80. The number of hydrogen-bond donors (Lipinski definition) is 0. The molecule has 82 valence electrons. The maximum absolute atomic E-state index is 12.0. The second-order valence-electron chi connectivity index (χ2n) is 3.69. The Bertz CT molecular complexity index is 488. The normalized spacial score (nSPS) is 10.1. The Labute approximate surface area is 94.3 Å². The maximum atomic E-state index is 12.0. The van der Waals surface area contributed by atoms with Gasteiger partial charge in [-0.05, 0) is 30.7 Å². The number of hydrogen-bond acceptors (Lipinski definition) is 2. The first-order valence-electron chi connectivity index (χ1n) is 5.07. The number of furan rings is 1. The summed E-state index contributed by atoms with van der Waals surface area (Å²) in [6.45, 7) is 1.89. The van der Waals surface area contributed by atoms with E-state index in [0.717, 1.165) is 11.3 Å². The third-order valence-corrected chi connectivity index (χ3v) is 2.39. The molecule has 0 radical (unpaired) electrons. The largest absolute Gasteiger partial charge is 0.459 e. The monoisotopic (exact) mass is 215 g/mol. The predicted molar refractivity (Wildman–Crippen MR) is 62.6 cm³/mol. The summed E-state index contributed by atoms with van der Waals surface area (Å²) in [7, 11) is 1.73. The molecular formula is C13H13NO2. The molecule has 0 atom stereocenters. The molecule has 3 nitrogen and oxygen atoms in total. The second-order valence-corrected chi connectivity index (χ2v) is 3.69. The molecule has 0 bridgehead atoms. The molecule has 3 heteroatoms. The van der Waals surface area contributed by atoms with Gasteiger partial charge < -0.3 is 9.32 Å². The van der Waals surface area contributed by atoms with E-state index in [0.29, 0.717) is 5.76 Å². The third-order valence-electron chi connectivity index (χ3n) is 2.39. The zero-order valence-corrected chi connectivity index (χ0v) is 9.31. The summed E-state index contributed by atoms with van der Waals surface area (Å²) in [6, 6.07) is 11.2. The molecule has 0 aliphatic heterocycles. The van der Waals surface area contributed by atoms with Crippen molar-refractivity contribution in [2.24, 2.45) is 0 Å². The van der Waals surface area contributed by atoms with E-state index in [2.05, 4.69) is 0 Å². The lowest BCUT2D eigenvalue weighted by Gasteiger charge is -2.15. The molecule has 1 aromatic carbocycles. The van der Waals surface area contributed by atoms with Gasteiger partial charge in [-0.15, -0.1) is 0 Å². The Morgan fingerprint density at radius 3 is 2.50 bits per heavy atom. The van der Waals surface area contributed by atoms with Crippen LogP contribution in [0.25, 0.3) is 0 Å². The number of amides is 1. The molecule has 0 aliphatic carbocycles. The third kappa shape index (κ3) is 1.98. The molecule has 1 heterocycles. The number of carbonyl (C=O) groups excluding carboxylic acids is 1. The summed E-state index contributed by atoms with van der Waals surface area (Å²) in [5.74, 6) is 0.225. The quantitative estimate of drug-likeness (QED) is 0.771. The minimum Gasteiger partial charge on any atom is -0.459 e. The van der Waals surface area contributed by atoms with Crippen LogP contribution in [0.1, 0.15) is 16.1 Å². The van der Waals surface area contributed by atoms with Crippen molar-refractivity contribution in [2.75, 3.05) is 11.9 Å². The Hall–Kier alpha value is -2.03. The summed E-state index contributed by atoms with van der Waals surface area (Å²) in [5, 5.41) is 0. The summed E-state index contributed by atoms with van der Waals surface area (Å²) >= 11 is 0. The second kappa shape index (κ2) is 4.23. The van der Waals surface area contributed by atoms with Crippen molar-refractivity contribution in [3.63, 3.8) is 0 Å². The van der Waals surface area contributed by atoms with Crippen LogP contribution in [0.3, 0.4) is 0 Å². The van der Waals surface area contributed by atoms with E-state index in [1.54, 1.807) is 24.3 Å². The molecule has 0 spiro atoms. The van der Waals surface area contributed by atoms with Crippen LogP contribution in [-0.4, -0.2) is 13.0 Å². The molecular weight excluding hydrogens is 202 g/mol. The molecule has 0 saturated heterocycles. The van der Waals surface area contributed by atoms with Crippen LogP contribution in [0, 0.1) is 6.92 Å². The Morgan fingerprint density at radius 2 is 1.94 bits per heavy atom. The van der Waals surface area contributed by atoms with Crippen molar-refractivity contribution in [3.8, 4) is 0 Å². The van der Waals surface area contributed by atoms with Crippen LogP contribution in [-0.2, 0) is 0 Å². The fourth-order valence-corrected chi connectivity index (χ4v) is 1.48. The molecule has 2 rings (SSSR count). The Kier molecular flexibility index (Phi) is 2.77. The molecule has 0 aliphatic rings. The number of aryl methyl sites for hydroxylation is 1. The summed E-state index contributed by atoms with van der Waals surface area (Å²) < 4.78 is 5.18. The topological polar surface area (TPSA) is 33.5 Å². The molecule has 1 aromatic heterocycles. The van der Waals surface area contributed by atoms with E-state index < -0.39 is 0 Å². The molecule has 0 saturated carbocycles. The van der Waals surface area contributed by atoms with E-state index in [1.165, 1.54) is 0 Å². The van der Waals surface area contributed by atoms with Crippen LogP contribution < -0.4 is 4.90 Å². The zero-order chi connectivity index (χ0) is 11.5. The van der Waals surface area contributed by atoms with Gasteiger partial charge in [-0.1, -0.05) is 18.2 Å². The van der Waals surface area contributed by atoms with Gasteiger partial charge in [0.2, 0.25) is 0 Å². The van der Waals surface area contributed by atoms with Gasteiger partial charge in [0.1, 0.15) is 0 Å². The number of benzene rings is 1. The van der Waals surface area contributed by atoms with Crippen LogP contribution in [0.4, 0.5) is 5.69 Å². The Morgan fingerprint density at radius 1 is 1.25 bits per heavy atom. The Balaban J connectivity index is 2.23. The average molecular weight is 215 g/mol. The van der Waals surface area contributed by atoms with Gasteiger partial charge in [0, 0.05) is 12.7 Å². The highest BCUT2D eigenvalue weighted by Crippen LogP contribution is 2.16. The van der Waals surface area contributed by atoms with Gasteiger partial charge in [-0.3, -0.25) is 4.79 Å². The van der Waals surface area contributed by atoms with Crippen LogP contribution >= 0.6 is 0 Å². The van der Waals surface area contributed by atoms with Gasteiger partial charge in [0.15, 0.2) is 5.76 Å². The van der Waals surface area contributed by atoms with Crippen LogP contribution in [0.15, 0.2) is 47.1 Å². The lowest BCUT2D eigenvalue weighted by atomic mass is 10.2. The summed E-state index contributed by atoms with van der Waals surface area (Å²) in [4.78, 5) is 13.6. The van der Waals surface area contributed by atoms with Crippen molar-refractivity contribution in [1.82, 2.24) is 0 Å².